The zero-order valence-electron chi connectivity index (χ0n) is 12.4. The highest BCUT2D eigenvalue weighted by atomic mass is 32.2. The molecule has 2 aliphatic rings. The SMILES string of the molecule is COc1ccccc1S(=O)(=O)N1CCN2CCCCC2C1. The number of nitrogens with zero attached hydrogens (tertiary/aromatic N) is 2. The van der Waals surface area contributed by atoms with Crippen LogP contribution < -0.4 is 4.74 Å². The first-order valence-corrected chi connectivity index (χ1v) is 8.94. The van der Waals surface area contributed by atoms with Crippen LogP contribution in [0.2, 0.25) is 0 Å². The van der Waals surface area contributed by atoms with Crippen molar-refractivity contribution >= 4 is 10.0 Å². The molecule has 21 heavy (non-hydrogen) atoms. The first-order chi connectivity index (χ1) is 10.1. The third-order valence-corrected chi connectivity index (χ3v) is 6.39. The van der Waals surface area contributed by atoms with Crippen molar-refractivity contribution < 1.29 is 13.2 Å². The number of methoxy groups -OCH3 is 1. The van der Waals surface area contributed by atoms with Gasteiger partial charge in [0.1, 0.15) is 10.6 Å². The number of hydrogen-bond donors (Lipinski definition) is 0. The van der Waals surface area contributed by atoms with E-state index in [1.807, 2.05) is 0 Å². The average molecular weight is 310 g/mol. The summed E-state index contributed by atoms with van der Waals surface area (Å²) in [5, 5.41) is 0. The number of piperazine rings is 1. The van der Waals surface area contributed by atoms with E-state index in [1.54, 1.807) is 28.6 Å². The van der Waals surface area contributed by atoms with Crippen molar-refractivity contribution in [1.82, 2.24) is 9.21 Å². The van der Waals surface area contributed by atoms with Gasteiger partial charge in [0, 0.05) is 25.7 Å². The molecule has 0 N–H and O–H groups in total. The maximum Gasteiger partial charge on any atom is 0.246 e. The van der Waals surface area contributed by atoms with Gasteiger partial charge in [-0.3, -0.25) is 4.90 Å². The monoisotopic (exact) mass is 310 g/mol. The van der Waals surface area contributed by atoms with E-state index in [4.69, 9.17) is 4.74 Å². The minimum atomic E-state index is -3.47. The van der Waals surface area contributed by atoms with E-state index >= 15 is 0 Å². The van der Waals surface area contributed by atoms with Crippen molar-refractivity contribution in [3.63, 3.8) is 0 Å². The largest absolute Gasteiger partial charge is 0.495 e. The van der Waals surface area contributed by atoms with E-state index in [9.17, 15) is 8.42 Å². The van der Waals surface area contributed by atoms with Crippen LogP contribution in [0.5, 0.6) is 5.75 Å². The molecule has 116 valence electrons. The summed E-state index contributed by atoms with van der Waals surface area (Å²) in [6.07, 6.45) is 3.53. The summed E-state index contributed by atoms with van der Waals surface area (Å²) in [5.41, 5.74) is 0. The Morgan fingerprint density at radius 2 is 1.95 bits per heavy atom. The molecule has 0 amide bonds. The number of benzene rings is 1. The number of piperidine rings is 1. The van der Waals surface area contributed by atoms with E-state index in [2.05, 4.69) is 4.90 Å². The number of ether oxygens (including phenoxy) is 1. The summed E-state index contributed by atoms with van der Waals surface area (Å²) < 4.78 is 32.6. The number of para-hydroxylation sites is 1. The Labute approximate surface area is 126 Å². The molecule has 5 nitrogen and oxygen atoms in total. The van der Waals surface area contributed by atoms with Gasteiger partial charge in [0.15, 0.2) is 0 Å². The normalized spacial score (nSPS) is 24.5. The Kier molecular flexibility index (Phi) is 4.19. The summed E-state index contributed by atoms with van der Waals surface area (Å²) in [6, 6.07) is 7.23. The number of sulfonamides is 1. The summed E-state index contributed by atoms with van der Waals surface area (Å²) in [6.45, 7) is 3.10. The maximum atomic E-state index is 12.9. The number of fused-ring (bicyclic) bond motifs is 1. The second-order valence-corrected chi connectivity index (χ2v) is 7.61. The molecule has 2 saturated heterocycles. The van der Waals surface area contributed by atoms with E-state index < -0.39 is 10.0 Å². The highest BCUT2D eigenvalue weighted by Crippen LogP contribution is 2.29. The van der Waals surface area contributed by atoms with Crippen molar-refractivity contribution in [2.24, 2.45) is 0 Å². The van der Waals surface area contributed by atoms with Crippen molar-refractivity contribution in [2.75, 3.05) is 33.3 Å². The first kappa shape index (κ1) is 14.8. The Morgan fingerprint density at radius 3 is 2.76 bits per heavy atom. The predicted octanol–water partition coefficient (Wildman–Crippen LogP) is 1.55. The Bertz CT molecular complexity index is 603. The van der Waals surface area contributed by atoms with Crippen LogP contribution in [0.4, 0.5) is 0 Å². The van der Waals surface area contributed by atoms with Crippen LogP contribution in [-0.2, 0) is 10.0 Å². The summed E-state index contributed by atoms with van der Waals surface area (Å²) in [5.74, 6) is 0.420. The van der Waals surface area contributed by atoms with Gasteiger partial charge in [-0.15, -0.1) is 0 Å². The lowest BCUT2D eigenvalue weighted by molar-refractivity contribution is 0.0851. The fourth-order valence-corrected chi connectivity index (χ4v) is 4.94. The average Bonchev–Trinajstić information content (AvgIpc) is 2.54. The second-order valence-electron chi connectivity index (χ2n) is 5.70. The molecule has 3 rings (SSSR count). The molecule has 1 aromatic rings. The van der Waals surface area contributed by atoms with Gasteiger partial charge in [-0.2, -0.15) is 4.31 Å². The van der Waals surface area contributed by atoms with E-state index in [-0.39, 0.29) is 4.90 Å². The molecule has 2 aliphatic heterocycles. The molecule has 0 spiro atoms. The number of hydrogen-bond acceptors (Lipinski definition) is 4. The molecule has 2 fully saturated rings. The smallest absolute Gasteiger partial charge is 0.246 e. The third-order valence-electron chi connectivity index (χ3n) is 4.49. The fourth-order valence-electron chi connectivity index (χ4n) is 3.32. The summed E-state index contributed by atoms with van der Waals surface area (Å²) in [4.78, 5) is 2.70. The van der Waals surface area contributed by atoms with Crippen LogP contribution in [-0.4, -0.2) is 57.0 Å². The van der Waals surface area contributed by atoms with E-state index in [1.165, 1.54) is 20.0 Å². The Balaban J connectivity index is 1.85. The quantitative estimate of drug-likeness (QED) is 0.850. The highest BCUT2D eigenvalue weighted by Gasteiger charge is 2.36. The lowest BCUT2D eigenvalue weighted by Gasteiger charge is -2.43. The standard InChI is InChI=1S/C15H22N2O3S/c1-20-14-7-2-3-8-15(14)21(18,19)17-11-10-16-9-5-4-6-13(16)12-17/h2-3,7-8,13H,4-6,9-12H2,1H3. The van der Waals surface area contributed by atoms with Crippen LogP contribution in [0, 0.1) is 0 Å². The van der Waals surface area contributed by atoms with Gasteiger partial charge >= 0.3 is 0 Å². The molecule has 6 heteroatoms. The summed E-state index contributed by atoms with van der Waals surface area (Å²) in [7, 11) is -1.97. The lowest BCUT2D eigenvalue weighted by atomic mass is 10.0. The molecule has 0 aromatic heterocycles. The Hall–Kier alpha value is -1.11. The van der Waals surface area contributed by atoms with Gasteiger partial charge in [-0.05, 0) is 31.5 Å². The second kappa shape index (κ2) is 5.94. The van der Waals surface area contributed by atoms with Gasteiger partial charge in [0.2, 0.25) is 10.0 Å². The van der Waals surface area contributed by atoms with Crippen LogP contribution in [0.15, 0.2) is 29.2 Å². The molecular weight excluding hydrogens is 288 g/mol. The predicted molar refractivity (Wildman–Crippen MR) is 81.0 cm³/mol. The van der Waals surface area contributed by atoms with Crippen molar-refractivity contribution in [3.05, 3.63) is 24.3 Å². The summed E-state index contributed by atoms with van der Waals surface area (Å²) >= 11 is 0. The molecule has 0 saturated carbocycles. The highest BCUT2D eigenvalue weighted by molar-refractivity contribution is 7.89. The van der Waals surface area contributed by atoms with Gasteiger partial charge in [-0.1, -0.05) is 18.6 Å². The molecule has 1 atom stereocenters. The van der Waals surface area contributed by atoms with Crippen LogP contribution >= 0.6 is 0 Å². The van der Waals surface area contributed by atoms with Crippen LogP contribution in [0.1, 0.15) is 19.3 Å². The number of rotatable bonds is 3. The minimum absolute atomic E-state index is 0.275. The molecule has 1 aromatic carbocycles. The Morgan fingerprint density at radius 1 is 1.14 bits per heavy atom. The zero-order chi connectivity index (χ0) is 14.9. The maximum absolute atomic E-state index is 12.9. The molecule has 2 heterocycles. The molecule has 1 unspecified atom stereocenters. The van der Waals surface area contributed by atoms with Crippen molar-refractivity contribution in [1.29, 1.82) is 0 Å². The molecule has 0 bridgehead atoms. The van der Waals surface area contributed by atoms with Gasteiger partial charge in [-0.25, -0.2) is 8.42 Å². The van der Waals surface area contributed by atoms with Crippen LogP contribution in [0.25, 0.3) is 0 Å². The topological polar surface area (TPSA) is 49.9 Å². The third kappa shape index (κ3) is 2.80. The van der Waals surface area contributed by atoms with Crippen molar-refractivity contribution in [2.45, 2.75) is 30.2 Å². The first-order valence-electron chi connectivity index (χ1n) is 7.50. The molecule has 0 aliphatic carbocycles. The molecule has 0 radical (unpaired) electrons. The van der Waals surface area contributed by atoms with Crippen molar-refractivity contribution in [3.8, 4) is 5.75 Å². The van der Waals surface area contributed by atoms with Gasteiger partial charge in [0.05, 0.1) is 7.11 Å². The van der Waals surface area contributed by atoms with Gasteiger partial charge in [0.25, 0.3) is 0 Å². The van der Waals surface area contributed by atoms with Crippen LogP contribution in [0.3, 0.4) is 0 Å². The zero-order valence-corrected chi connectivity index (χ0v) is 13.2. The lowest BCUT2D eigenvalue weighted by Crippen LogP contribution is -2.56. The van der Waals surface area contributed by atoms with E-state index in [0.29, 0.717) is 24.9 Å². The van der Waals surface area contributed by atoms with Gasteiger partial charge < -0.3 is 4.74 Å². The van der Waals surface area contributed by atoms with E-state index in [0.717, 1.165) is 19.5 Å². The minimum Gasteiger partial charge on any atom is -0.495 e. The molecular formula is C15H22N2O3S. The fraction of sp³-hybridized carbons (Fsp3) is 0.600.